The molecule has 136 valence electrons. The lowest BCUT2D eigenvalue weighted by molar-refractivity contribution is -0.384. The number of carbonyl (C=O) groups is 1. The number of nitro benzene ring substituents is 1. The van der Waals surface area contributed by atoms with Gasteiger partial charge in [-0.25, -0.2) is 5.43 Å². The van der Waals surface area contributed by atoms with Gasteiger partial charge in [-0.1, -0.05) is 29.8 Å². The summed E-state index contributed by atoms with van der Waals surface area (Å²) in [6, 6.07) is 11.2. The van der Waals surface area contributed by atoms with Crippen LogP contribution in [0.1, 0.15) is 12.5 Å². The average molecular weight is 378 g/mol. The highest BCUT2D eigenvalue weighted by Gasteiger charge is 2.14. The Labute approximate surface area is 154 Å². The van der Waals surface area contributed by atoms with Crippen LogP contribution < -0.4 is 14.9 Å². The minimum absolute atomic E-state index is 0.0285. The molecular weight excluding hydrogens is 362 g/mol. The molecule has 0 atom stereocenters. The number of amides is 1. The van der Waals surface area contributed by atoms with E-state index >= 15 is 0 Å². The van der Waals surface area contributed by atoms with Crippen LogP contribution in [0, 0.1) is 10.1 Å². The number of nitrogens with zero attached hydrogens (tertiary/aromatic N) is 2. The Kier molecular flexibility index (Phi) is 6.51. The van der Waals surface area contributed by atoms with Crippen molar-refractivity contribution in [3.63, 3.8) is 0 Å². The van der Waals surface area contributed by atoms with Gasteiger partial charge in [0.05, 0.1) is 17.7 Å². The van der Waals surface area contributed by atoms with Gasteiger partial charge in [0.1, 0.15) is 5.02 Å². The molecule has 0 aliphatic carbocycles. The molecule has 9 heteroatoms. The molecule has 1 amide bonds. The van der Waals surface area contributed by atoms with Crippen molar-refractivity contribution in [1.82, 2.24) is 5.43 Å². The van der Waals surface area contributed by atoms with E-state index in [9.17, 15) is 14.9 Å². The lowest BCUT2D eigenvalue weighted by Gasteiger charge is -2.09. The third kappa shape index (κ3) is 4.93. The fourth-order valence-corrected chi connectivity index (χ4v) is 2.19. The highest BCUT2D eigenvalue weighted by atomic mass is 35.5. The van der Waals surface area contributed by atoms with Crippen molar-refractivity contribution in [3.05, 3.63) is 63.2 Å². The third-order valence-corrected chi connectivity index (χ3v) is 3.66. The fourth-order valence-electron chi connectivity index (χ4n) is 2.00. The standard InChI is InChI=1S/C17H16ClN3O5/c1-11(12-7-8-13(18)14(9-12)21(23)24)19-20-17(22)10-26-16-6-4-3-5-15(16)25-2/h3-9H,10H2,1-2H3,(H,20,22)/b19-11+. The number of rotatable bonds is 7. The summed E-state index contributed by atoms with van der Waals surface area (Å²) in [4.78, 5) is 22.2. The van der Waals surface area contributed by atoms with Crippen LogP contribution in [0.4, 0.5) is 5.69 Å². The topological polar surface area (TPSA) is 103 Å². The van der Waals surface area contributed by atoms with Crippen molar-refractivity contribution in [2.75, 3.05) is 13.7 Å². The van der Waals surface area contributed by atoms with E-state index < -0.39 is 10.8 Å². The Balaban J connectivity index is 1.99. The number of hydrogen-bond donors (Lipinski definition) is 1. The second-order valence-electron chi connectivity index (χ2n) is 5.10. The molecule has 26 heavy (non-hydrogen) atoms. The fraction of sp³-hybridized carbons (Fsp3) is 0.176. The molecule has 0 spiro atoms. The Bertz CT molecular complexity index is 854. The number of ether oxygens (including phenoxy) is 2. The molecule has 2 aromatic carbocycles. The second-order valence-corrected chi connectivity index (χ2v) is 5.50. The largest absolute Gasteiger partial charge is 0.493 e. The first-order valence-electron chi connectivity index (χ1n) is 7.45. The summed E-state index contributed by atoms with van der Waals surface area (Å²) in [7, 11) is 1.50. The minimum Gasteiger partial charge on any atom is -0.493 e. The van der Waals surface area contributed by atoms with Crippen molar-refractivity contribution in [2.45, 2.75) is 6.92 Å². The second kappa shape index (κ2) is 8.82. The monoisotopic (exact) mass is 377 g/mol. The van der Waals surface area contributed by atoms with Gasteiger partial charge in [-0.15, -0.1) is 0 Å². The molecule has 0 bridgehead atoms. The van der Waals surface area contributed by atoms with Crippen LogP contribution in [-0.2, 0) is 4.79 Å². The third-order valence-electron chi connectivity index (χ3n) is 3.34. The summed E-state index contributed by atoms with van der Waals surface area (Å²) in [5, 5.41) is 14.9. The summed E-state index contributed by atoms with van der Waals surface area (Å²) in [5.41, 5.74) is 2.95. The Morgan fingerprint density at radius 2 is 1.96 bits per heavy atom. The van der Waals surface area contributed by atoms with Gasteiger partial charge in [-0.3, -0.25) is 14.9 Å². The number of nitrogens with one attached hydrogen (secondary N) is 1. The van der Waals surface area contributed by atoms with Crippen molar-refractivity contribution in [2.24, 2.45) is 5.10 Å². The number of para-hydroxylation sites is 2. The summed E-state index contributed by atoms with van der Waals surface area (Å²) in [6.07, 6.45) is 0. The number of nitro groups is 1. The molecule has 0 saturated heterocycles. The molecule has 8 nitrogen and oxygen atoms in total. The lowest BCUT2D eigenvalue weighted by atomic mass is 10.1. The maximum Gasteiger partial charge on any atom is 0.288 e. The maximum absolute atomic E-state index is 11.9. The van der Waals surface area contributed by atoms with E-state index in [1.54, 1.807) is 37.3 Å². The molecule has 0 aliphatic heterocycles. The van der Waals surface area contributed by atoms with E-state index in [0.29, 0.717) is 22.8 Å². The highest BCUT2D eigenvalue weighted by Crippen LogP contribution is 2.26. The van der Waals surface area contributed by atoms with Gasteiger partial charge in [0.15, 0.2) is 18.1 Å². The zero-order chi connectivity index (χ0) is 19.1. The molecule has 1 N–H and O–H groups in total. The van der Waals surface area contributed by atoms with Crippen LogP contribution in [0.15, 0.2) is 47.6 Å². The molecule has 0 heterocycles. The van der Waals surface area contributed by atoms with E-state index in [2.05, 4.69) is 10.5 Å². The number of hydrazone groups is 1. The van der Waals surface area contributed by atoms with Gasteiger partial charge in [0.25, 0.3) is 11.6 Å². The first-order chi connectivity index (χ1) is 12.4. The molecule has 0 radical (unpaired) electrons. The average Bonchev–Trinajstić information content (AvgIpc) is 2.64. The summed E-state index contributed by atoms with van der Waals surface area (Å²) in [6.45, 7) is 1.34. The van der Waals surface area contributed by atoms with E-state index in [-0.39, 0.29) is 17.3 Å². The highest BCUT2D eigenvalue weighted by molar-refractivity contribution is 6.32. The van der Waals surface area contributed by atoms with E-state index in [4.69, 9.17) is 21.1 Å². The molecule has 0 aliphatic rings. The summed E-state index contributed by atoms with van der Waals surface area (Å²) < 4.78 is 10.5. The van der Waals surface area contributed by atoms with Gasteiger partial charge >= 0.3 is 0 Å². The number of methoxy groups -OCH3 is 1. The Morgan fingerprint density at radius 1 is 1.27 bits per heavy atom. The van der Waals surface area contributed by atoms with Gasteiger partial charge in [-0.2, -0.15) is 5.10 Å². The predicted octanol–water partition coefficient (Wildman–Crippen LogP) is 3.18. The first kappa shape index (κ1) is 19.2. The van der Waals surface area contributed by atoms with Crippen molar-refractivity contribution in [3.8, 4) is 11.5 Å². The normalized spacial score (nSPS) is 11.0. The molecular formula is C17H16ClN3O5. The maximum atomic E-state index is 11.9. The zero-order valence-electron chi connectivity index (χ0n) is 14.1. The molecule has 2 rings (SSSR count). The van der Waals surface area contributed by atoms with Crippen LogP contribution >= 0.6 is 11.6 Å². The summed E-state index contributed by atoms with van der Waals surface area (Å²) in [5.74, 6) is 0.450. The van der Waals surface area contributed by atoms with E-state index in [1.165, 1.54) is 19.2 Å². The van der Waals surface area contributed by atoms with Crippen molar-refractivity contribution < 1.29 is 19.2 Å². The minimum atomic E-state index is -0.585. The number of hydrogen-bond acceptors (Lipinski definition) is 6. The van der Waals surface area contributed by atoms with Gasteiger partial charge in [0, 0.05) is 11.6 Å². The first-order valence-corrected chi connectivity index (χ1v) is 7.83. The SMILES string of the molecule is COc1ccccc1OCC(=O)N/N=C(\C)c1ccc(Cl)c([N+](=O)[O-])c1. The van der Waals surface area contributed by atoms with Crippen molar-refractivity contribution >= 4 is 28.9 Å². The molecule has 0 fully saturated rings. The van der Waals surface area contributed by atoms with Gasteiger partial charge in [0.2, 0.25) is 0 Å². The molecule has 0 unspecified atom stereocenters. The number of halogens is 1. The number of benzene rings is 2. The van der Waals surface area contributed by atoms with Crippen molar-refractivity contribution in [1.29, 1.82) is 0 Å². The van der Waals surface area contributed by atoms with E-state index in [0.717, 1.165) is 0 Å². The zero-order valence-corrected chi connectivity index (χ0v) is 14.8. The number of carbonyl (C=O) groups excluding carboxylic acids is 1. The predicted molar refractivity (Wildman–Crippen MR) is 96.9 cm³/mol. The summed E-state index contributed by atoms with van der Waals surface area (Å²) >= 11 is 5.77. The van der Waals surface area contributed by atoms with E-state index in [1.807, 2.05) is 0 Å². The lowest BCUT2D eigenvalue weighted by Crippen LogP contribution is -2.25. The van der Waals surface area contributed by atoms with Gasteiger partial charge in [-0.05, 0) is 25.1 Å². The van der Waals surface area contributed by atoms with Gasteiger partial charge < -0.3 is 9.47 Å². The van der Waals surface area contributed by atoms with Crippen LogP contribution in [0.5, 0.6) is 11.5 Å². The molecule has 0 saturated carbocycles. The Morgan fingerprint density at radius 3 is 2.62 bits per heavy atom. The molecule has 0 aromatic heterocycles. The van der Waals surface area contributed by atoms with Crippen LogP contribution in [-0.4, -0.2) is 30.3 Å². The Hall–Kier alpha value is -3.13. The van der Waals surface area contributed by atoms with Crippen LogP contribution in [0.2, 0.25) is 5.02 Å². The van der Waals surface area contributed by atoms with Crippen LogP contribution in [0.3, 0.4) is 0 Å². The van der Waals surface area contributed by atoms with Crippen LogP contribution in [0.25, 0.3) is 0 Å². The molecule has 2 aromatic rings. The quantitative estimate of drug-likeness (QED) is 0.453. The smallest absolute Gasteiger partial charge is 0.288 e.